The van der Waals surface area contributed by atoms with Crippen molar-refractivity contribution in [2.45, 2.75) is 25.7 Å². The van der Waals surface area contributed by atoms with Gasteiger partial charge in [-0.25, -0.2) is 0 Å². The molecule has 2 heteroatoms. The van der Waals surface area contributed by atoms with Crippen LogP contribution < -0.4 is 9.64 Å². The molecule has 3 rings (SSSR count). The number of hydrogen-bond acceptors (Lipinski definition) is 2. The summed E-state index contributed by atoms with van der Waals surface area (Å²) in [6.45, 7) is 4.64. The maximum atomic E-state index is 5.40. The number of rotatable bonds is 2. The van der Waals surface area contributed by atoms with E-state index in [2.05, 4.69) is 69.2 Å². The van der Waals surface area contributed by atoms with E-state index in [1.807, 2.05) is 0 Å². The average Bonchev–Trinajstić information content (AvgIpc) is 2.51. The minimum Gasteiger partial charge on any atom is -0.497 e. The molecule has 110 valence electrons. The summed E-state index contributed by atoms with van der Waals surface area (Å²) in [5, 5.41) is 0. The normalized spacial score (nSPS) is 19.7. The molecular weight excluding hydrogens is 258 g/mol. The number of anilines is 1. The van der Waals surface area contributed by atoms with Gasteiger partial charge in [-0.3, -0.25) is 0 Å². The van der Waals surface area contributed by atoms with Gasteiger partial charge in [0.1, 0.15) is 5.75 Å². The lowest BCUT2D eigenvalue weighted by molar-refractivity contribution is 0.413. The van der Waals surface area contributed by atoms with E-state index in [-0.39, 0.29) is 0 Å². The molecule has 0 heterocycles. The maximum Gasteiger partial charge on any atom is 0.119 e. The highest BCUT2D eigenvalue weighted by atomic mass is 16.5. The lowest BCUT2D eigenvalue weighted by Crippen LogP contribution is -2.15. The number of benzene rings is 2. The van der Waals surface area contributed by atoms with Crippen LogP contribution in [0.5, 0.6) is 5.75 Å². The molecule has 21 heavy (non-hydrogen) atoms. The summed E-state index contributed by atoms with van der Waals surface area (Å²) in [5.74, 6) is 1.96. The van der Waals surface area contributed by atoms with Crippen molar-refractivity contribution in [2.75, 3.05) is 26.1 Å². The van der Waals surface area contributed by atoms with Crippen LogP contribution in [0.3, 0.4) is 0 Å². The monoisotopic (exact) mass is 281 g/mol. The first kappa shape index (κ1) is 14.0. The van der Waals surface area contributed by atoms with Gasteiger partial charge in [0.05, 0.1) is 7.11 Å². The first-order chi connectivity index (χ1) is 10.0. The van der Waals surface area contributed by atoms with E-state index in [1.165, 1.54) is 27.9 Å². The Morgan fingerprint density at radius 3 is 2.00 bits per heavy atom. The Labute approximate surface area is 127 Å². The minimum atomic E-state index is 0.500. The second-order valence-electron chi connectivity index (χ2n) is 6.20. The van der Waals surface area contributed by atoms with Gasteiger partial charge in [-0.15, -0.1) is 0 Å². The lowest BCUT2D eigenvalue weighted by Gasteiger charge is -2.32. The fourth-order valence-corrected chi connectivity index (χ4v) is 3.28. The predicted molar refractivity (Wildman–Crippen MR) is 89.6 cm³/mol. The van der Waals surface area contributed by atoms with Crippen molar-refractivity contribution in [1.29, 1.82) is 0 Å². The highest BCUT2D eigenvalue weighted by Gasteiger charge is 2.28. The highest BCUT2D eigenvalue weighted by molar-refractivity contribution is 5.77. The van der Waals surface area contributed by atoms with E-state index in [1.54, 1.807) is 7.11 Å². The second kappa shape index (κ2) is 5.10. The van der Waals surface area contributed by atoms with Crippen molar-refractivity contribution in [2.24, 2.45) is 0 Å². The third kappa shape index (κ3) is 2.19. The van der Waals surface area contributed by atoms with Crippen LogP contribution in [-0.4, -0.2) is 21.2 Å². The van der Waals surface area contributed by atoms with Gasteiger partial charge in [-0.05, 0) is 58.4 Å². The molecule has 2 aromatic rings. The van der Waals surface area contributed by atoms with E-state index in [4.69, 9.17) is 4.74 Å². The molecule has 0 aromatic heterocycles. The van der Waals surface area contributed by atoms with E-state index < -0.39 is 0 Å². The summed E-state index contributed by atoms with van der Waals surface area (Å²) < 4.78 is 5.40. The SMILES string of the molecule is COc1ccc2c(c1)C(C)C(C)c1cc(N(C)C)ccc1-2. The largest absolute Gasteiger partial charge is 0.497 e. The van der Waals surface area contributed by atoms with Crippen LogP contribution >= 0.6 is 0 Å². The molecule has 0 fully saturated rings. The van der Waals surface area contributed by atoms with Crippen molar-refractivity contribution in [3.8, 4) is 16.9 Å². The number of nitrogens with zero attached hydrogens (tertiary/aromatic N) is 1. The quantitative estimate of drug-likeness (QED) is 0.794. The van der Waals surface area contributed by atoms with E-state index >= 15 is 0 Å². The molecule has 0 saturated carbocycles. The Morgan fingerprint density at radius 2 is 1.43 bits per heavy atom. The van der Waals surface area contributed by atoms with E-state index in [0.29, 0.717) is 11.8 Å². The molecule has 2 unspecified atom stereocenters. The van der Waals surface area contributed by atoms with Gasteiger partial charge >= 0.3 is 0 Å². The van der Waals surface area contributed by atoms with Crippen molar-refractivity contribution < 1.29 is 4.74 Å². The summed E-state index contributed by atoms with van der Waals surface area (Å²) in [6.07, 6.45) is 0. The fourth-order valence-electron chi connectivity index (χ4n) is 3.28. The zero-order chi connectivity index (χ0) is 15.1. The van der Waals surface area contributed by atoms with Gasteiger partial charge in [-0.1, -0.05) is 26.0 Å². The first-order valence-corrected chi connectivity index (χ1v) is 7.52. The smallest absolute Gasteiger partial charge is 0.119 e. The van der Waals surface area contributed by atoms with Crippen LogP contribution in [0.1, 0.15) is 36.8 Å². The predicted octanol–water partition coefficient (Wildman–Crippen LogP) is 4.65. The molecule has 0 saturated heterocycles. The molecule has 0 radical (unpaired) electrons. The molecule has 0 aliphatic heterocycles. The topological polar surface area (TPSA) is 12.5 Å². The summed E-state index contributed by atoms with van der Waals surface area (Å²) >= 11 is 0. The number of methoxy groups -OCH3 is 1. The maximum absolute atomic E-state index is 5.40. The second-order valence-corrected chi connectivity index (χ2v) is 6.20. The van der Waals surface area contributed by atoms with E-state index in [0.717, 1.165) is 5.75 Å². The van der Waals surface area contributed by atoms with Gasteiger partial charge in [0.15, 0.2) is 0 Å². The van der Waals surface area contributed by atoms with Crippen LogP contribution in [0.15, 0.2) is 36.4 Å². The average molecular weight is 281 g/mol. The minimum absolute atomic E-state index is 0.500. The number of fused-ring (bicyclic) bond motifs is 3. The van der Waals surface area contributed by atoms with Crippen molar-refractivity contribution in [3.05, 3.63) is 47.5 Å². The summed E-state index contributed by atoms with van der Waals surface area (Å²) in [7, 11) is 5.92. The van der Waals surface area contributed by atoms with Gasteiger partial charge in [-0.2, -0.15) is 0 Å². The van der Waals surface area contributed by atoms with Crippen LogP contribution in [0, 0.1) is 0 Å². The summed E-state index contributed by atoms with van der Waals surface area (Å²) in [4.78, 5) is 2.17. The van der Waals surface area contributed by atoms with E-state index in [9.17, 15) is 0 Å². The molecular formula is C19H23NO. The third-order valence-corrected chi connectivity index (χ3v) is 4.83. The standard InChI is InChI=1S/C19H23NO/c1-12-13(2)19-11-15(21-5)7-9-17(19)16-8-6-14(20(3)4)10-18(12)16/h6-13H,1-5H3. The molecule has 2 nitrogen and oxygen atoms in total. The number of hydrogen-bond donors (Lipinski definition) is 0. The molecule has 2 aromatic carbocycles. The third-order valence-electron chi connectivity index (χ3n) is 4.83. The van der Waals surface area contributed by atoms with Crippen molar-refractivity contribution in [3.63, 3.8) is 0 Å². The zero-order valence-corrected chi connectivity index (χ0v) is 13.5. The highest BCUT2D eigenvalue weighted by Crippen LogP contribution is 2.48. The number of ether oxygens (including phenoxy) is 1. The van der Waals surface area contributed by atoms with Gasteiger partial charge in [0.25, 0.3) is 0 Å². The molecule has 1 aliphatic carbocycles. The first-order valence-electron chi connectivity index (χ1n) is 7.52. The Morgan fingerprint density at radius 1 is 0.857 bits per heavy atom. The van der Waals surface area contributed by atoms with Crippen molar-refractivity contribution >= 4 is 5.69 Å². The van der Waals surface area contributed by atoms with Crippen LogP contribution in [0.4, 0.5) is 5.69 Å². The van der Waals surface area contributed by atoms with Crippen molar-refractivity contribution in [1.82, 2.24) is 0 Å². The fraction of sp³-hybridized carbons (Fsp3) is 0.368. The molecule has 0 N–H and O–H groups in total. The van der Waals surface area contributed by atoms with Crippen LogP contribution in [-0.2, 0) is 0 Å². The summed E-state index contributed by atoms with van der Waals surface area (Å²) in [5.41, 5.74) is 6.83. The lowest BCUT2D eigenvalue weighted by atomic mass is 9.73. The molecule has 2 atom stereocenters. The van der Waals surface area contributed by atoms with Gasteiger partial charge < -0.3 is 9.64 Å². The van der Waals surface area contributed by atoms with Gasteiger partial charge in [0.2, 0.25) is 0 Å². The Kier molecular flexibility index (Phi) is 3.40. The Hall–Kier alpha value is -1.96. The zero-order valence-electron chi connectivity index (χ0n) is 13.5. The van der Waals surface area contributed by atoms with Crippen LogP contribution in [0.2, 0.25) is 0 Å². The molecule has 1 aliphatic rings. The Bertz CT molecular complexity index is 675. The molecule has 0 bridgehead atoms. The Balaban J connectivity index is 2.20. The van der Waals surface area contributed by atoms with Gasteiger partial charge in [0, 0.05) is 19.8 Å². The van der Waals surface area contributed by atoms with Crippen LogP contribution in [0.25, 0.3) is 11.1 Å². The summed E-state index contributed by atoms with van der Waals surface area (Å²) in [6, 6.07) is 13.3. The molecule has 0 spiro atoms. The molecule has 0 amide bonds.